The van der Waals surface area contributed by atoms with Gasteiger partial charge in [-0.15, -0.1) is 0 Å². The molecule has 1 fully saturated rings. The van der Waals surface area contributed by atoms with Gasteiger partial charge in [-0.1, -0.05) is 37.3 Å². The lowest BCUT2D eigenvalue weighted by Gasteiger charge is -2.29. The van der Waals surface area contributed by atoms with E-state index in [-0.39, 0.29) is 0 Å². The zero-order valence-corrected chi connectivity index (χ0v) is 8.16. The van der Waals surface area contributed by atoms with E-state index in [1.54, 1.807) is 0 Å². The minimum absolute atomic E-state index is 0.718. The highest BCUT2D eigenvalue weighted by atomic mass is 14.9. The molecule has 0 unspecified atom stereocenters. The van der Waals surface area contributed by atoms with Crippen LogP contribution in [0.5, 0.6) is 0 Å². The minimum atomic E-state index is 0.718. The molecule has 0 spiro atoms. The summed E-state index contributed by atoms with van der Waals surface area (Å²) in [5.41, 5.74) is 1.49. The second kappa shape index (κ2) is 3.93. The minimum Gasteiger partial charge on any atom is -0.316 e. The number of nitrogens with one attached hydrogen (secondary N) is 1. The van der Waals surface area contributed by atoms with E-state index in [9.17, 15) is 0 Å². The fourth-order valence-corrected chi connectivity index (χ4v) is 2.14. The Morgan fingerprint density at radius 3 is 2.69 bits per heavy atom. The summed E-state index contributed by atoms with van der Waals surface area (Å²) in [4.78, 5) is 0. The van der Waals surface area contributed by atoms with Crippen LogP contribution in [-0.4, -0.2) is 13.1 Å². The molecule has 1 nitrogen and oxygen atoms in total. The van der Waals surface area contributed by atoms with Crippen LogP contribution in [0.2, 0.25) is 0 Å². The van der Waals surface area contributed by atoms with Crippen molar-refractivity contribution in [2.24, 2.45) is 5.92 Å². The van der Waals surface area contributed by atoms with Crippen LogP contribution in [0.3, 0.4) is 0 Å². The van der Waals surface area contributed by atoms with E-state index in [0.717, 1.165) is 18.4 Å². The smallest absolute Gasteiger partial charge is 0.00227 e. The van der Waals surface area contributed by atoms with Crippen LogP contribution >= 0.6 is 0 Å². The van der Waals surface area contributed by atoms with E-state index >= 15 is 0 Å². The molecule has 0 bridgehead atoms. The molecule has 1 aromatic carbocycles. The topological polar surface area (TPSA) is 12.0 Å². The van der Waals surface area contributed by atoms with Crippen LogP contribution in [0, 0.1) is 5.92 Å². The number of rotatable bonds is 1. The lowest BCUT2D eigenvalue weighted by atomic mass is 9.83. The van der Waals surface area contributed by atoms with E-state index in [1.807, 2.05) is 0 Å². The van der Waals surface area contributed by atoms with E-state index in [0.29, 0.717) is 0 Å². The first-order valence-electron chi connectivity index (χ1n) is 5.13. The Morgan fingerprint density at radius 2 is 2.00 bits per heavy atom. The fraction of sp³-hybridized carbons (Fsp3) is 0.500. The van der Waals surface area contributed by atoms with Gasteiger partial charge >= 0.3 is 0 Å². The number of hydrogen-bond acceptors (Lipinski definition) is 1. The Labute approximate surface area is 80.2 Å². The van der Waals surface area contributed by atoms with Crippen LogP contribution < -0.4 is 5.32 Å². The molecule has 1 aromatic rings. The predicted molar refractivity (Wildman–Crippen MR) is 55.8 cm³/mol. The summed E-state index contributed by atoms with van der Waals surface area (Å²) in [5, 5.41) is 3.46. The molecule has 13 heavy (non-hydrogen) atoms. The van der Waals surface area contributed by atoms with Gasteiger partial charge in [0.25, 0.3) is 0 Å². The lowest BCUT2D eigenvalue weighted by molar-refractivity contribution is 0.348. The van der Waals surface area contributed by atoms with Crippen LogP contribution in [0.4, 0.5) is 0 Å². The van der Waals surface area contributed by atoms with Crippen LogP contribution in [-0.2, 0) is 0 Å². The Hall–Kier alpha value is -0.820. The van der Waals surface area contributed by atoms with Crippen LogP contribution in [0.25, 0.3) is 0 Å². The molecule has 1 heteroatoms. The molecule has 2 atom stereocenters. The Morgan fingerprint density at radius 1 is 1.23 bits per heavy atom. The van der Waals surface area contributed by atoms with Gasteiger partial charge in [0.05, 0.1) is 0 Å². The molecule has 0 radical (unpaired) electrons. The van der Waals surface area contributed by atoms with Crippen molar-refractivity contribution in [3.8, 4) is 0 Å². The first kappa shape index (κ1) is 8.76. The van der Waals surface area contributed by atoms with Crippen molar-refractivity contribution in [3.05, 3.63) is 35.9 Å². The summed E-state index contributed by atoms with van der Waals surface area (Å²) < 4.78 is 0. The zero-order valence-electron chi connectivity index (χ0n) is 8.16. The maximum Gasteiger partial charge on any atom is 0.00227 e. The van der Waals surface area contributed by atoms with Gasteiger partial charge in [0.15, 0.2) is 0 Å². The molecule has 1 aliphatic heterocycles. The molecule has 0 aromatic heterocycles. The highest BCUT2D eigenvalue weighted by molar-refractivity contribution is 5.21. The van der Waals surface area contributed by atoms with E-state index < -0.39 is 0 Å². The van der Waals surface area contributed by atoms with Crippen molar-refractivity contribution >= 4 is 0 Å². The zero-order chi connectivity index (χ0) is 9.10. The molecule has 70 valence electrons. The molecule has 1 aliphatic rings. The van der Waals surface area contributed by atoms with E-state index in [2.05, 4.69) is 42.6 Å². The molecule has 0 saturated carbocycles. The third-order valence-electron chi connectivity index (χ3n) is 3.06. The van der Waals surface area contributed by atoms with Gasteiger partial charge in [-0.2, -0.15) is 0 Å². The molecular formula is C12H17N. The first-order valence-corrected chi connectivity index (χ1v) is 5.13. The second-order valence-corrected chi connectivity index (χ2v) is 3.99. The molecule has 1 saturated heterocycles. The maximum absolute atomic E-state index is 3.46. The third kappa shape index (κ3) is 1.92. The molecule has 1 N–H and O–H groups in total. The van der Waals surface area contributed by atoms with E-state index in [1.165, 1.54) is 18.5 Å². The summed E-state index contributed by atoms with van der Waals surface area (Å²) >= 11 is 0. The van der Waals surface area contributed by atoms with Gasteiger partial charge < -0.3 is 5.32 Å². The van der Waals surface area contributed by atoms with Crippen molar-refractivity contribution in [3.63, 3.8) is 0 Å². The Balaban J connectivity index is 2.15. The number of benzene rings is 1. The summed E-state index contributed by atoms with van der Waals surface area (Å²) in [5.74, 6) is 1.54. The van der Waals surface area contributed by atoms with Crippen LogP contribution in [0.15, 0.2) is 30.3 Å². The fourth-order valence-electron chi connectivity index (χ4n) is 2.14. The monoisotopic (exact) mass is 175 g/mol. The average Bonchev–Trinajstić information content (AvgIpc) is 2.20. The van der Waals surface area contributed by atoms with Gasteiger partial charge in [0, 0.05) is 6.54 Å². The van der Waals surface area contributed by atoms with Gasteiger partial charge in [-0.05, 0) is 30.4 Å². The normalized spacial score (nSPS) is 28.7. The van der Waals surface area contributed by atoms with Crippen molar-refractivity contribution in [1.29, 1.82) is 0 Å². The third-order valence-corrected chi connectivity index (χ3v) is 3.06. The summed E-state index contributed by atoms with van der Waals surface area (Å²) in [6.07, 6.45) is 1.31. The average molecular weight is 175 g/mol. The highest BCUT2D eigenvalue weighted by Crippen LogP contribution is 2.28. The predicted octanol–water partition coefficient (Wildman–Crippen LogP) is 2.40. The lowest BCUT2D eigenvalue weighted by Crippen LogP contribution is -2.33. The maximum atomic E-state index is 3.46. The summed E-state index contributed by atoms with van der Waals surface area (Å²) in [6.45, 7) is 4.69. The first-order chi connectivity index (χ1) is 6.38. The number of hydrogen-bond donors (Lipinski definition) is 1. The van der Waals surface area contributed by atoms with Crippen molar-refractivity contribution in [1.82, 2.24) is 5.32 Å². The molecule has 2 rings (SSSR count). The summed E-state index contributed by atoms with van der Waals surface area (Å²) in [6, 6.07) is 10.8. The molecule has 0 amide bonds. The quantitative estimate of drug-likeness (QED) is 0.691. The Bertz CT molecular complexity index is 255. The van der Waals surface area contributed by atoms with Crippen molar-refractivity contribution in [2.75, 3.05) is 13.1 Å². The van der Waals surface area contributed by atoms with Crippen molar-refractivity contribution in [2.45, 2.75) is 19.3 Å². The van der Waals surface area contributed by atoms with Gasteiger partial charge in [0.2, 0.25) is 0 Å². The van der Waals surface area contributed by atoms with Gasteiger partial charge in [-0.25, -0.2) is 0 Å². The standard InChI is InChI=1S/C12H17N/c1-10-7-8-13-9-12(10)11-5-3-2-4-6-11/h2-6,10,12-13H,7-9H2,1H3/t10-,12-/m1/s1. The SMILES string of the molecule is C[C@@H]1CCNC[C@H]1c1ccccc1. The Kier molecular flexibility index (Phi) is 2.65. The van der Waals surface area contributed by atoms with Crippen LogP contribution in [0.1, 0.15) is 24.8 Å². The molecule has 1 heterocycles. The highest BCUT2D eigenvalue weighted by Gasteiger charge is 2.21. The van der Waals surface area contributed by atoms with Crippen molar-refractivity contribution < 1.29 is 0 Å². The molecule has 0 aliphatic carbocycles. The van der Waals surface area contributed by atoms with E-state index in [4.69, 9.17) is 0 Å². The largest absolute Gasteiger partial charge is 0.316 e. The second-order valence-electron chi connectivity index (χ2n) is 3.99. The summed E-state index contributed by atoms with van der Waals surface area (Å²) in [7, 11) is 0. The number of piperidine rings is 1. The molecular weight excluding hydrogens is 158 g/mol. The van der Waals surface area contributed by atoms with Gasteiger partial charge in [0.1, 0.15) is 0 Å². The van der Waals surface area contributed by atoms with Gasteiger partial charge in [-0.3, -0.25) is 0 Å².